The first kappa shape index (κ1) is 19.1. The molecular weight excluding hydrogens is 368 g/mol. The number of nitrogens with zero attached hydrogens (tertiary/aromatic N) is 4. The standard InChI is InChI=1S/C22H26N4OS/c1-24(2)22(27)21(17-8-4-3-5-9-17)26-14-12-25(13-15-26)16-20-23-18-10-6-7-11-19(18)28-20/h3-11,21H,12-16H2,1-2H3/t21-/m0/s1. The van der Waals surface area contributed by atoms with Crippen LogP contribution in [0.2, 0.25) is 0 Å². The van der Waals surface area contributed by atoms with E-state index < -0.39 is 0 Å². The molecule has 28 heavy (non-hydrogen) atoms. The number of para-hydroxylation sites is 1. The number of likely N-dealkylation sites (N-methyl/N-ethyl adjacent to an activating group) is 1. The lowest BCUT2D eigenvalue weighted by molar-refractivity contribution is -0.135. The minimum Gasteiger partial charge on any atom is -0.347 e. The monoisotopic (exact) mass is 394 g/mol. The van der Waals surface area contributed by atoms with Crippen molar-refractivity contribution in [3.8, 4) is 0 Å². The lowest BCUT2D eigenvalue weighted by Crippen LogP contribution is -2.50. The van der Waals surface area contributed by atoms with Gasteiger partial charge in [-0.3, -0.25) is 14.6 Å². The van der Waals surface area contributed by atoms with E-state index in [0.717, 1.165) is 43.8 Å². The van der Waals surface area contributed by atoms with Crippen LogP contribution in [0.4, 0.5) is 0 Å². The normalized spacial score (nSPS) is 16.9. The van der Waals surface area contributed by atoms with E-state index in [0.29, 0.717) is 0 Å². The molecule has 5 nitrogen and oxygen atoms in total. The van der Waals surface area contributed by atoms with Crippen LogP contribution in [0.3, 0.4) is 0 Å². The molecule has 0 unspecified atom stereocenters. The highest BCUT2D eigenvalue weighted by Gasteiger charge is 2.31. The largest absolute Gasteiger partial charge is 0.347 e. The van der Waals surface area contributed by atoms with Crippen LogP contribution in [-0.2, 0) is 11.3 Å². The molecule has 4 rings (SSSR count). The van der Waals surface area contributed by atoms with Crippen LogP contribution in [0.15, 0.2) is 54.6 Å². The molecule has 0 N–H and O–H groups in total. The van der Waals surface area contributed by atoms with Gasteiger partial charge < -0.3 is 4.90 Å². The van der Waals surface area contributed by atoms with E-state index in [1.165, 1.54) is 9.71 Å². The summed E-state index contributed by atoms with van der Waals surface area (Å²) in [5.74, 6) is 0.144. The summed E-state index contributed by atoms with van der Waals surface area (Å²) in [7, 11) is 3.67. The van der Waals surface area contributed by atoms with Gasteiger partial charge in [0.2, 0.25) is 5.91 Å². The lowest BCUT2D eigenvalue weighted by Gasteiger charge is -2.39. The van der Waals surface area contributed by atoms with Crippen molar-refractivity contribution in [3.63, 3.8) is 0 Å². The van der Waals surface area contributed by atoms with Gasteiger partial charge in [-0.2, -0.15) is 0 Å². The molecule has 1 aliphatic heterocycles. The highest BCUT2D eigenvalue weighted by molar-refractivity contribution is 7.18. The molecule has 0 spiro atoms. The maximum Gasteiger partial charge on any atom is 0.244 e. The van der Waals surface area contributed by atoms with Gasteiger partial charge in [0.25, 0.3) is 0 Å². The Hall–Kier alpha value is -2.28. The number of rotatable bonds is 5. The number of benzene rings is 2. The van der Waals surface area contributed by atoms with E-state index in [-0.39, 0.29) is 11.9 Å². The van der Waals surface area contributed by atoms with Crippen LogP contribution in [0.25, 0.3) is 10.2 Å². The second-order valence-electron chi connectivity index (χ2n) is 7.43. The number of fused-ring (bicyclic) bond motifs is 1. The Morgan fingerprint density at radius 2 is 1.71 bits per heavy atom. The fraction of sp³-hybridized carbons (Fsp3) is 0.364. The van der Waals surface area contributed by atoms with Gasteiger partial charge in [-0.1, -0.05) is 42.5 Å². The Morgan fingerprint density at radius 1 is 1.04 bits per heavy atom. The Kier molecular flexibility index (Phi) is 5.71. The number of thiazole rings is 1. The molecule has 1 amide bonds. The first-order valence-electron chi connectivity index (χ1n) is 9.69. The van der Waals surface area contributed by atoms with Crippen molar-refractivity contribution in [1.82, 2.24) is 19.7 Å². The number of amides is 1. The lowest BCUT2D eigenvalue weighted by atomic mass is 10.0. The zero-order valence-corrected chi connectivity index (χ0v) is 17.2. The molecule has 1 aliphatic rings. The first-order chi connectivity index (χ1) is 13.6. The minimum atomic E-state index is -0.208. The Labute approximate surface area is 170 Å². The van der Waals surface area contributed by atoms with Crippen molar-refractivity contribution < 1.29 is 4.79 Å². The highest BCUT2D eigenvalue weighted by atomic mass is 32.1. The Balaban J connectivity index is 1.43. The van der Waals surface area contributed by atoms with Crippen molar-refractivity contribution in [2.45, 2.75) is 12.6 Å². The van der Waals surface area contributed by atoms with Crippen molar-refractivity contribution in [2.75, 3.05) is 40.3 Å². The molecule has 1 atom stereocenters. The summed E-state index contributed by atoms with van der Waals surface area (Å²) in [5, 5.41) is 1.17. The third kappa shape index (κ3) is 4.09. The van der Waals surface area contributed by atoms with Crippen molar-refractivity contribution >= 4 is 27.5 Å². The number of hydrogen-bond acceptors (Lipinski definition) is 5. The average molecular weight is 395 g/mol. The van der Waals surface area contributed by atoms with E-state index in [4.69, 9.17) is 4.98 Å². The van der Waals surface area contributed by atoms with Crippen molar-refractivity contribution in [1.29, 1.82) is 0 Å². The molecule has 0 bridgehead atoms. The predicted octanol–water partition coefficient (Wildman–Crippen LogP) is 3.24. The van der Waals surface area contributed by atoms with Crippen LogP contribution in [0.5, 0.6) is 0 Å². The molecule has 2 heterocycles. The number of carbonyl (C=O) groups is 1. The smallest absolute Gasteiger partial charge is 0.244 e. The SMILES string of the molecule is CN(C)C(=O)[C@H](c1ccccc1)N1CCN(Cc2nc3ccccc3s2)CC1. The molecular formula is C22H26N4OS. The fourth-order valence-electron chi connectivity index (χ4n) is 3.75. The summed E-state index contributed by atoms with van der Waals surface area (Å²) >= 11 is 1.78. The molecule has 2 aromatic carbocycles. The molecule has 146 valence electrons. The molecule has 1 fully saturated rings. The maximum absolute atomic E-state index is 12.9. The second-order valence-corrected chi connectivity index (χ2v) is 8.55. The van der Waals surface area contributed by atoms with Gasteiger partial charge in [0.05, 0.1) is 16.8 Å². The van der Waals surface area contributed by atoms with Crippen LogP contribution < -0.4 is 0 Å². The molecule has 0 radical (unpaired) electrons. The van der Waals surface area contributed by atoms with Crippen LogP contribution in [0, 0.1) is 0 Å². The fourth-order valence-corrected chi connectivity index (χ4v) is 4.76. The summed E-state index contributed by atoms with van der Waals surface area (Å²) < 4.78 is 1.25. The summed E-state index contributed by atoms with van der Waals surface area (Å²) in [5.41, 5.74) is 2.16. The Morgan fingerprint density at radius 3 is 2.39 bits per heavy atom. The van der Waals surface area contributed by atoms with E-state index in [9.17, 15) is 4.79 Å². The maximum atomic E-state index is 12.9. The van der Waals surface area contributed by atoms with Gasteiger partial charge in [-0.25, -0.2) is 4.98 Å². The van der Waals surface area contributed by atoms with Crippen LogP contribution in [-0.4, -0.2) is 65.9 Å². The van der Waals surface area contributed by atoms with Gasteiger partial charge in [0, 0.05) is 40.3 Å². The van der Waals surface area contributed by atoms with E-state index in [1.807, 2.05) is 38.4 Å². The van der Waals surface area contributed by atoms with Gasteiger partial charge >= 0.3 is 0 Å². The third-order valence-corrected chi connectivity index (χ3v) is 6.28. The predicted molar refractivity (Wildman–Crippen MR) is 114 cm³/mol. The molecule has 1 saturated heterocycles. The average Bonchev–Trinajstić information content (AvgIpc) is 3.12. The van der Waals surface area contributed by atoms with Gasteiger partial charge in [0.1, 0.15) is 11.0 Å². The minimum absolute atomic E-state index is 0.144. The van der Waals surface area contributed by atoms with Crippen LogP contribution >= 0.6 is 11.3 Å². The van der Waals surface area contributed by atoms with E-state index in [1.54, 1.807) is 16.2 Å². The molecule has 0 saturated carbocycles. The zero-order valence-electron chi connectivity index (χ0n) is 16.4. The van der Waals surface area contributed by atoms with Crippen LogP contribution in [0.1, 0.15) is 16.6 Å². The third-order valence-electron chi connectivity index (χ3n) is 5.26. The molecule has 1 aromatic heterocycles. The number of carbonyl (C=O) groups excluding carboxylic acids is 1. The molecule has 6 heteroatoms. The number of hydrogen-bond donors (Lipinski definition) is 0. The molecule has 3 aromatic rings. The zero-order chi connectivity index (χ0) is 19.5. The number of aromatic nitrogens is 1. The van der Waals surface area contributed by atoms with Gasteiger partial charge in [-0.15, -0.1) is 11.3 Å². The first-order valence-corrected chi connectivity index (χ1v) is 10.5. The van der Waals surface area contributed by atoms with Gasteiger partial charge in [-0.05, 0) is 17.7 Å². The van der Waals surface area contributed by atoms with E-state index in [2.05, 4.69) is 40.1 Å². The van der Waals surface area contributed by atoms with Crippen molar-refractivity contribution in [2.24, 2.45) is 0 Å². The quantitative estimate of drug-likeness (QED) is 0.666. The summed E-state index contributed by atoms with van der Waals surface area (Å²) in [6.07, 6.45) is 0. The number of piperazine rings is 1. The van der Waals surface area contributed by atoms with Crippen molar-refractivity contribution in [3.05, 3.63) is 65.2 Å². The second kappa shape index (κ2) is 8.39. The summed E-state index contributed by atoms with van der Waals surface area (Å²) in [6.45, 7) is 4.53. The summed E-state index contributed by atoms with van der Waals surface area (Å²) in [4.78, 5) is 24.1. The topological polar surface area (TPSA) is 39.7 Å². The molecule has 0 aliphatic carbocycles. The Bertz CT molecular complexity index is 899. The highest BCUT2D eigenvalue weighted by Crippen LogP contribution is 2.26. The van der Waals surface area contributed by atoms with Gasteiger partial charge in [0.15, 0.2) is 0 Å². The summed E-state index contributed by atoms with van der Waals surface area (Å²) in [6, 6.07) is 18.2. The van der Waals surface area contributed by atoms with E-state index >= 15 is 0 Å².